The lowest BCUT2D eigenvalue weighted by atomic mass is 10.1. The van der Waals surface area contributed by atoms with Gasteiger partial charge in [0.1, 0.15) is 6.61 Å². The molecule has 0 unspecified atom stereocenters. The van der Waals surface area contributed by atoms with Crippen LogP contribution in [0, 0.1) is 6.92 Å². The molecule has 0 bridgehead atoms. The minimum Gasteiger partial charge on any atom is -0.493 e. The van der Waals surface area contributed by atoms with Gasteiger partial charge in [0.25, 0.3) is 11.8 Å². The molecule has 0 aliphatic carbocycles. The van der Waals surface area contributed by atoms with E-state index < -0.39 is 11.8 Å². The number of amides is 2. The molecule has 1 N–H and O–H groups in total. The summed E-state index contributed by atoms with van der Waals surface area (Å²) in [5, 5.41) is 1.07. The van der Waals surface area contributed by atoms with Crippen LogP contribution in [-0.4, -0.2) is 33.2 Å². The summed E-state index contributed by atoms with van der Waals surface area (Å²) in [6.45, 7) is 2.45. The highest BCUT2D eigenvalue weighted by atomic mass is 32.2. The van der Waals surface area contributed by atoms with Crippen molar-refractivity contribution in [2.24, 2.45) is 0 Å². The SMILES string of the molecule is COc1cc(/C=C2\SC(=S)N(NC(=O)c3ccncc3)C2=O)ccc1OCc1ccc(C)cc1. The first-order valence-electron chi connectivity index (χ1n) is 10.3. The summed E-state index contributed by atoms with van der Waals surface area (Å²) in [7, 11) is 1.56. The zero-order valence-corrected chi connectivity index (χ0v) is 20.1. The molecule has 172 valence electrons. The molecule has 34 heavy (non-hydrogen) atoms. The molecule has 9 heteroatoms. The summed E-state index contributed by atoms with van der Waals surface area (Å²) in [5.74, 6) is 0.285. The van der Waals surface area contributed by atoms with E-state index in [-0.39, 0.29) is 4.32 Å². The summed E-state index contributed by atoms with van der Waals surface area (Å²) >= 11 is 6.40. The molecule has 3 aromatic rings. The number of hydrogen-bond donors (Lipinski definition) is 1. The molecule has 4 rings (SSSR count). The number of aromatic nitrogens is 1. The molecule has 2 heterocycles. The molecular weight excluding hydrogens is 470 g/mol. The summed E-state index contributed by atoms with van der Waals surface area (Å²) in [4.78, 5) is 29.5. The maximum Gasteiger partial charge on any atom is 0.285 e. The van der Waals surface area contributed by atoms with Crippen molar-refractivity contribution in [1.82, 2.24) is 15.4 Å². The van der Waals surface area contributed by atoms with Crippen LogP contribution in [0.4, 0.5) is 0 Å². The number of hydrazine groups is 1. The van der Waals surface area contributed by atoms with Crippen LogP contribution in [0.2, 0.25) is 0 Å². The lowest BCUT2D eigenvalue weighted by Crippen LogP contribution is -2.44. The van der Waals surface area contributed by atoms with Crippen molar-refractivity contribution >= 4 is 46.2 Å². The third-order valence-corrected chi connectivity index (χ3v) is 6.25. The van der Waals surface area contributed by atoms with Crippen molar-refractivity contribution in [3.05, 3.63) is 94.1 Å². The quantitative estimate of drug-likeness (QED) is 0.384. The Kier molecular flexibility index (Phi) is 7.24. The zero-order chi connectivity index (χ0) is 24.1. The van der Waals surface area contributed by atoms with E-state index in [1.807, 2.05) is 37.3 Å². The minimum absolute atomic E-state index is 0.240. The van der Waals surface area contributed by atoms with Crippen molar-refractivity contribution in [1.29, 1.82) is 0 Å². The molecular formula is C25H21N3O4S2. The Balaban J connectivity index is 1.46. The Morgan fingerprint density at radius 1 is 1.12 bits per heavy atom. The molecule has 7 nitrogen and oxygen atoms in total. The fraction of sp³-hybridized carbons (Fsp3) is 0.120. The normalized spacial score (nSPS) is 14.4. The van der Waals surface area contributed by atoms with Gasteiger partial charge in [0.05, 0.1) is 12.0 Å². The number of carbonyl (C=O) groups excluding carboxylic acids is 2. The number of hydrogen-bond acceptors (Lipinski definition) is 7. The van der Waals surface area contributed by atoms with Gasteiger partial charge in [0, 0.05) is 18.0 Å². The molecule has 2 amide bonds. The van der Waals surface area contributed by atoms with Crippen LogP contribution in [0.3, 0.4) is 0 Å². The topological polar surface area (TPSA) is 80.8 Å². The largest absolute Gasteiger partial charge is 0.493 e. The van der Waals surface area contributed by atoms with Gasteiger partial charge in [0.15, 0.2) is 15.8 Å². The number of carbonyl (C=O) groups is 2. The van der Waals surface area contributed by atoms with Gasteiger partial charge in [-0.25, -0.2) is 0 Å². The molecule has 0 atom stereocenters. The molecule has 0 spiro atoms. The lowest BCUT2D eigenvalue weighted by molar-refractivity contribution is -0.123. The fourth-order valence-electron chi connectivity index (χ4n) is 3.12. The highest BCUT2D eigenvalue weighted by molar-refractivity contribution is 8.26. The lowest BCUT2D eigenvalue weighted by Gasteiger charge is -2.15. The summed E-state index contributed by atoms with van der Waals surface area (Å²) < 4.78 is 11.6. The second-order valence-electron chi connectivity index (χ2n) is 7.38. The standard InChI is InChI=1S/C25H21N3O4S2/c1-16-3-5-17(6-4-16)15-32-20-8-7-18(13-21(20)31-2)14-22-24(30)28(25(33)34-22)27-23(29)19-9-11-26-12-10-19/h3-14H,15H2,1-2H3,(H,27,29)/b22-14-. The van der Waals surface area contributed by atoms with Gasteiger partial charge >= 0.3 is 0 Å². The number of benzene rings is 2. The zero-order valence-electron chi connectivity index (χ0n) is 18.5. The molecule has 0 radical (unpaired) electrons. The number of rotatable bonds is 7. The van der Waals surface area contributed by atoms with E-state index in [0.717, 1.165) is 27.9 Å². The summed E-state index contributed by atoms with van der Waals surface area (Å²) in [6, 6.07) is 16.6. The van der Waals surface area contributed by atoms with Crippen LogP contribution in [0.5, 0.6) is 11.5 Å². The monoisotopic (exact) mass is 491 g/mol. The van der Waals surface area contributed by atoms with Crippen molar-refractivity contribution in [2.75, 3.05) is 7.11 Å². The first-order valence-corrected chi connectivity index (χ1v) is 11.5. The van der Waals surface area contributed by atoms with Gasteiger partial charge in [0.2, 0.25) is 0 Å². The van der Waals surface area contributed by atoms with Crippen molar-refractivity contribution in [3.8, 4) is 11.5 Å². The van der Waals surface area contributed by atoms with Crippen LogP contribution in [0.15, 0.2) is 71.9 Å². The number of nitrogens with one attached hydrogen (secondary N) is 1. The van der Waals surface area contributed by atoms with Gasteiger partial charge in [-0.1, -0.05) is 47.7 Å². The second-order valence-corrected chi connectivity index (χ2v) is 9.05. The van der Waals surface area contributed by atoms with Crippen molar-refractivity contribution < 1.29 is 19.1 Å². The average molecular weight is 492 g/mol. The van der Waals surface area contributed by atoms with Gasteiger partial charge in [-0.2, -0.15) is 5.01 Å². The van der Waals surface area contributed by atoms with E-state index in [9.17, 15) is 9.59 Å². The molecule has 0 saturated carbocycles. The maximum atomic E-state index is 12.9. The Morgan fingerprint density at radius 2 is 1.85 bits per heavy atom. The molecule has 1 fully saturated rings. The number of thiocarbonyl (C=S) groups is 1. The Labute approximate surface area is 206 Å². The molecule has 1 aliphatic rings. The van der Waals surface area contributed by atoms with Gasteiger partial charge in [-0.3, -0.25) is 20.0 Å². The van der Waals surface area contributed by atoms with Gasteiger partial charge in [-0.05, 0) is 60.6 Å². The Morgan fingerprint density at radius 3 is 2.56 bits per heavy atom. The smallest absolute Gasteiger partial charge is 0.285 e. The third kappa shape index (κ3) is 5.44. The highest BCUT2D eigenvalue weighted by Crippen LogP contribution is 2.34. The number of methoxy groups -OCH3 is 1. The van der Waals surface area contributed by atoms with Crippen LogP contribution in [0.25, 0.3) is 6.08 Å². The molecule has 1 aliphatic heterocycles. The number of thioether (sulfide) groups is 1. The van der Waals surface area contributed by atoms with E-state index in [2.05, 4.69) is 10.4 Å². The predicted octanol–water partition coefficient (Wildman–Crippen LogP) is 4.52. The van der Waals surface area contributed by atoms with E-state index in [0.29, 0.717) is 28.6 Å². The number of pyridine rings is 1. The first kappa shape index (κ1) is 23.5. The second kappa shape index (κ2) is 10.5. The van der Waals surface area contributed by atoms with Gasteiger partial charge < -0.3 is 9.47 Å². The van der Waals surface area contributed by atoms with E-state index >= 15 is 0 Å². The predicted molar refractivity (Wildman–Crippen MR) is 135 cm³/mol. The number of aryl methyl sites for hydroxylation is 1. The van der Waals surface area contributed by atoms with Crippen molar-refractivity contribution in [2.45, 2.75) is 13.5 Å². The number of ether oxygens (including phenoxy) is 2. The fourth-order valence-corrected chi connectivity index (χ4v) is 4.30. The average Bonchev–Trinajstić information content (AvgIpc) is 3.11. The van der Waals surface area contributed by atoms with Crippen LogP contribution in [0.1, 0.15) is 27.0 Å². The van der Waals surface area contributed by atoms with Crippen molar-refractivity contribution in [3.63, 3.8) is 0 Å². The molecule has 1 saturated heterocycles. The van der Waals surface area contributed by atoms with E-state index in [1.165, 1.54) is 18.0 Å². The summed E-state index contributed by atoms with van der Waals surface area (Å²) in [5.41, 5.74) is 5.90. The Bertz CT molecular complexity index is 1260. The summed E-state index contributed by atoms with van der Waals surface area (Å²) in [6.07, 6.45) is 4.70. The Hall–Kier alpha value is -3.69. The van der Waals surface area contributed by atoms with E-state index in [4.69, 9.17) is 21.7 Å². The number of nitrogens with zero attached hydrogens (tertiary/aromatic N) is 2. The van der Waals surface area contributed by atoms with Crippen LogP contribution >= 0.6 is 24.0 Å². The molecule has 2 aromatic carbocycles. The minimum atomic E-state index is -0.448. The van der Waals surface area contributed by atoms with E-state index in [1.54, 1.807) is 37.5 Å². The third-order valence-electron chi connectivity index (χ3n) is 4.95. The van der Waals surface area contributed by atoms with Gasteiger partial charge in [-0.15, -0.1) is 0 Å². The molecule has 1 aromatic heterocycles. The van der Waals surface area contributed by atoms with Crippen LogP contribution in [-0.2, 0) is 11.4 Å². The highest BCUT2D eigenvalue weighted by Gasteiger charge is 2.33. The first-order chi connectivity index (χ1) is 16.4. The maximum absolute atomic E-state index is 12.9. The van der Waals surface area contributed by atoms with Crippen LogP contribution < -0.4 is 14.9 Å².